The van der Waals surface area contributed by atoms with Crippen molar-refractivity contribution in [3.05, 3.63) is 11.6 Å². The molecule has 0 radical (unpaired) electrons. The van der Waals surface area contributed by atoms with Crippen molar-refractivity contribution in [3.63, 3.8) is 0 Å². The van der Waals surface area contributed by atoms with E-state index in [1.807, 2.05) is 13.8 Å². The van der Waals surface area contributed by atoms with Crippen molar-refractivity contribution in [2.45, 2.75) is 51.4 Å². The van der Waals surface area contributed by atoms with E-state index in [4.69, 9.17) is 9.47 Å². The van der Waals surface area contributed by atoms with Crippen molar-refractivity contribution in [2.24, 2.45) is 11.3 Å². The second-order valence-corrected chi connectivity index (χ2v) is 6.31. The molecular weight excluding hydrogens is 248 g/mol. The van der Waals surface area contributed by atoms with Gasteiger partial charge in [-0.25, -0.2) is 4.79 Å². The van der Waals surface area contributed by atoms with Crippen LogP contribution >= 0.6 is 0 Å². The van der Waals surface area contributed by atoms with Crippen LogP contribution in [0.25, 0.3) is 0 Å². The molecule has 0 aromatic heterocycles. The third kappa shape index (κ3) is 1.64. The number of hydrogen-bond acceptors (Lipinski definition) is 5. The molecule has 0 amide bonds. The molecule has 1 N–H and O–H groups in total. The number of fused-ring (bicyclic) bond motifs is 1. The van der Waals surface area contributed by atoms with Crippen LogP contribution in [0.4, 0.5) is 0 Å². The lowest BCUT2D eigenvalue weighted by atomic mass is 9.89. The van der Waals surface area contributed by atoms with Crippen LogP contribution in [0.1, 0.15) is 33.6 Å². The van der Waals surface area contributed by atoms with Crippen molar-refractivity contribution in [2.75, 3.05) is 0 Å². The summed E-state index contributed by atoms with van der Waals surface area (Å²) in [5.74, 6) is -0.696. The molecule has 2 heterocycles. The van der Waals surface area contributed by atoms with Gasteiger partial charge < -0.3 is 14.6 Å². The second-order valence-electron chi connectivity index (χ2n) is 6.31. The SMILES string of the molecule is C[C@H]1C=C(C[C@H](O)[C@@]23C[C@H]2C(C)(C)OC3=O)C(=O)O1. The fourth-order valence-electron chi connectivity index (χ4n) is 3.45. The van der Waals surface area contributed by atoms with Crippen LogP contribution in [-0.4, -0.2) is 34.9 Å². The Hall–Kier alpha value is -1.36. The first kappa shape index (κ1) is 12.7. The van der Waals surface area contributed by atoms with Crippen molar-refractivity contribution < 1.29 is 24.2 Å². The Balaban J connectivity index is 1.77. The lowest BCUT2D eigenvalue weighted by Crippen LogP contribution is -2.30. The average molecular weight is 266 g/mol. The van der Waals surface area contributed by atoms with Gasteiger partial charge in [0.2, 0.25) is 0 Å². The highest BCUT2D eigenvalue weighted by Gasteiger charge is 2.76. The predicted molar refractivity (Wildman–Crippen MR) is 65.0 cm³/mol. The van der Waals surface area contributed by atoms with E-state index in [-0.39, 0.29) is 24.4 Å². The molecule has 4 atom stereocenters. The number of aliphatic hydroxyl groups is 1. The van der Waals surface area contributed by atoms with Crippen LogP contribution in [0.5, 0.6) is 0 Å². The molecule has 3 rings (SSSR count). The van der Waals surface area contributed by atoms with E-state index >= 15 is 0 Å². The molecular formula is C14H18O5. The maximum absolute atomic E-state index is 12.0. The molecule has 2 aliphatic heterocycles. The third-order valence-electron chi connectivity index (χ3n) is 4.58. The molecule has 0 spiro atoms. The summed E-state index contributed by atoms with van der Waals surface area (Å²) >= 11 is 0. The monoisotopic (exact) mass is 266 g/mol. The zero-order valence-corrected chi connectivity index (χ0v) is 11.3. The number of hydrogen-bond donors (Lipinski definition) is 1. The van der Waals surface area contributed by atoms with E-state index in [1.54, 1.807) is 13.0 Å². The minimum absolute atomic E-state index is 0.0398. The molecule has 1 saturated carbocycles. The standard InChI is InChI=1S/C14H18O5/c1-7-4-8(11(16)18-7)5-10(15)14-6-9(14)13(2,3)19-12(14)17/h4,7,9-10,15H,5-6H2,1-3H3/t7-,9-,10-,14+/m0/s1. The fraction of sp³-hybridized carbons (Fsp3) is 0.714. The van der Waals surface area contributed by atoms with E-state index in [1.165, 1.54) is 0 Å². The summed E-state index contributed by atoms with van der Waals surface area (Å²) < 4.78 is 10.3. The van der Waals surface area contributed by atoms with Crippen LogP contribution in [-0.2, 0) is 19.1 Å². The lowest BCUT2D eigenvalue weighted by molar-refractivity contribution is -0.157. The Morgan fingerprint density at radius 1 is 1.47 bits per heavy atom. The quantitative estimate of drug-likeness (QED) is 0.770. The highest BCUT2D eigenvalue weighted by Crippen LogP contribution is 2.67. The number of carbonyl (C=O) groups excluding carboxylic acids is 2. The molecule has 1 aliphatic carbocycles. The zero-order valence-electron chi connectivity index (χ0n) is 11.3. The first-order valence-electron chi connectivity index (χ1n) is 6.60. The minimum atomic E-state index is -0.879. The Bertz CT molecular complexity index is 492. The largest absolute Gasteiger partial charge is 0.459 e. The summed E-state index contributed by atoms with van der Waals surface area (Å²) in [5.41, 5.74) is -0.871. The maximum Gasteiger partial charge on any atom is 0.334 e. The Morgan fingerprint density at radius 3 is 2.58 bits per heavy atom. The zero-order chi connectivity index (χ0) is 14.0. The van der Waals surface area contributed by atoms with Gasteiger partial charge >= 0.3 is 11.9 Å². The van der Waals surface area contributed by atoms with E-state index in [2.05, 4.69) is 0 Å². The number of rotatable bonds is 3. The molecule has 5 nitrogen and oxygen atoms in total. The van der Waals surface area contributed by atoms with Crippen molar-refractivity contribution in [3.8, 4) is 0 Å². The fourth-order valence-corrected chi connectivity index (χ4v) is 3.45. The molecule has 2 fully saturated rings. The van der Waals surface area contributed by atoms with Gasteiger partial charge in [0.1, 0.15) is 17.1 Å². The normalized spacial score (nSPS) is 40.3. The number of esters is 2. The van der Waals surface area contributed by atoms with Crippen LogP contribution in [0.15, 0.2) is 11.6 Å². The van der Waals surface area contributed by atoms with Gasteiger partial charge in [0, 0.05) is 17.9 Å². The Labute approximate surface area is 111 Å². The lowest BCUT2D eigenvalue weighted by Gasteiger charge is -2.19. The number of cyclic esters (lactones) is 2. The highest BCUT2D eigenvalue weighted by molar-refractivity contribution is 5.91. The first-order valence-corrected chi connectivity index (χ1v) is 6.60. The van der Waals surface area contributed by atoms with Gasteiger partial charge in [-0.15, -0.1) is 0 Å². The van der Waals surface area contributed by atoms with Gasteiger partial charge in [-0.1, -0.05) is 0 Å². The average Bonchev–Trinajstić information content (AvgIpc) is 2.92. The molecule has 3 aliphatic rings. The minimum Gasteiger partial charge on any atom is -0.459 e. The van der Waals surface area contributed by atoms with E-state index < -0.39 is 23.1 Å². The van der Waals surface area contributed by atoms with Crippen LogP contribution in [0.2, 0.25) is 0 Å². The number of carbonyl (C=O) groups is 2. The predicted octanol–water partition coefficient (Wildman–Crippen LogP) is 0.951. The smallest absolute Gasteiger partial charge is 0.334 e. The van der Waals surface area contributed by atoms with Gasteiger partial charge in [0.05, 0.1) is 6.10 Å². The van der Waals surface area contributed by atoms with E-state index in [0.717, 1.165) is 0 Å². The van der Waals surface area contributed by atoms with Crippen LogP contribution in [0.3, 0.4) is 0 Å². The summed E-state index contributed by atoms with van der Waals surface area (Å²) in [6.07, 6.45) is 1.36. The Morgan fingerprint density at radius 2 is 2.16 bits per heavy atom. The van der Waals surface area contributed by atoms with Gasteiger partial charge in [-0.05, 0) is 33.3 Å². The van der Waals surface area contributed by atoms with Gasteiger partial charge in [-0.3, -0.25) is 4.79 Å². The van der Waals surface area contributed by atoms with Crippen molar-refractivity contribution in [1.82, 2.24) is 0 Å². The maximum atomic E-state index is 12.0. The second kappa shape index (κ2) is 3.60. The first-order chi connectivity index (χ1) is 8.77. The molecule has 5 heteroatoms. The third-order valence-corrected chi connectivity index (χ3v) is 4.58. The summed E-state index contributed by atoms with van der Waals surface area (Å²) in [5, 5.41) is 10.4. The van der Waals surface area contributed by atoms with Crippen LogP contribution < -0.4 is 0 Å². The van der Waals surface area contributed by atoms with Gasteiger partial charge in [-0.2, -0.15) is 0 Å². The number of aliphatic hydroxyl groups excluding tert-OH is 1. The van der Waals surface area contributed by atoms with E-state index in [0.29, 0.717) is 12.0 Å². The molecule has 0 aromatic carbocycles. The topological polar surface area (TPSA) is 72.8 Å². The Kier molecular flexibility index (Phi) is 2.40. The molecule has 19 heavy (non-hydrogen) atoms. The van der Waals surface area contributed by atoms with Crippen LogP contribution in [0, 0.1) is 11.3 Å². The molecule has 0 unspecified atom stereocenters. The summed E-state index contributed by atoms with van der Waals surface area (Å²) in [7, 11) is 0. The number of ether oxygens (including phenoxy) is 2. The van der Waals surface area contributed by atoms with Gasteiger partial charge in [0.25, 0.3) is 0 Å². The van der Waals surface area contributed by atoms with E-state index in [9.17, 15) is 14.7 Å². The molecule has 0 bridgehead atoms. The molecule has 104 valence electrons. The summed E-state index contributed by atoms with van der Waals surface area (Å²) in [6, 6.07) is 0. The van der Waals surface area contributed by atoms with Crippen molar-refractivity contribution in [1.29, 1.82) is 0 Å². The molecule has 1 saturated heterocycles. The molecule has 0 aromatic rings. The summed E-state index contributed by atoms with van der Waals surface area (Å²) in [6.45, 7) is 5.49. The van der Waals surface area contributed by atoms with Crippen molar-refractivity contribution >= 4 is 11.9 Å². The summed E-state index contributed by atoms with van der Waals surface area (Å²) in [4.78, 5) is 23.5. The van der Waals surface area contributed by atoms with Gasteiger partial charge in [0.15, 0.2) is 0 Å². The highest BCUT2D eigenvalue weighted by atomic mass is 16.6.